The molecule has 0 saturated heterocycles. The number of nitrogens with two attached hydrogens (primary N) is 1. The maximum Gasteiger partial charge on any atom is 0.238 e. The average molecular weight is 229 g/mol. The van der Waals surface area contributed by atoms with Gasteiger partial charge in [0.1, 0.15) is 0 Å². The molecule has 0 aromatic carbocycles. The first kappa shape index (κ1) is 15.4. The molecule has 3 atom stereocenters. The molecule has 1 amide bonds. The van der Waals surface area contributed by atoms with E-state index in [1.807, 2.05) is 6.92 Å². The van der Waals surface area contributed by atoms with E-state index < -0.39 is 0 Å². The topological polar surface area (TPSA) is 58.4 Å². The fraction of sp³-hybridized carbons (Fsp3) is 0.917. The minimum atomic E-state index is -0.111. The van der Waals surface area contributed by atoms with Crippen LogP contribution in [0.2, 0.25) is 0 Å². The number of hydrogen-bond donors (Lipinski definition) is 2. The highest BCUT2D eigenvalue weighted by atomic mass is 16.2. The molecule has 0 heterocycles. The van der Waals surface area contributed by atoms with E-state index in [2.05, 4.69) is 52.0 Å². The maximum atomic E-state index is 11.5. The average Bonchev–Trinajstić information content (AvgIpc) is 2.22. The van der Waals surface area contributed by atoms with Crippen molar-refractivity contribution in [1.82, 2.24) is 10.3 Å². The Labute approximate surface area is 99.5 Å². The molecule has 3 unspecified atom stereocenters. The number of carbonyl (C=O) groups excluding carboxylic acids is 1. The van der Waals surface area contributed by atoms with Gasteiger partial charge in [0.15, 0.2) is 0 Å². The Balaban J connectivity index is 4.61. The first-order chi connectivity index (χ1) is 7.12. The summed E-state index contributed by atoms with van der Waals surface area (Å²) in [5.74, 6) is 4.93. The van der Waals surface area contributed by atoms with Crippen LogP contribution in [0.1, 0.15) is 41.5 Å². The highest BCUT2D eigenvalue weighted by molar-refractivity contribution is 5.78. The molecule has 0 aromatic rings. The zero-order chi connectivity index (χ0) is 13.1. The quantitative estimate of drug-likeness (QED) is 0.435. The van der Waals surface area contributed by atoms with Crippen molar-refractivity contribution >= 4 is 5.91 Å². The van der Waals surface area contributed by atoms with Crippen LogP contribution in [-0.4, -0.2) is 29.9 Å². The minimum absolute atomic E-state index is 0.111. The number of hydrazine groups is 1. The lowest BCUT2D eigenvalue weighted by molar-refractivity contribution is -0.126. The second-order valence-electron chi connectivity index (χ2n) is 5.75. The Morgan fingerprint density at radius 1 is 1.25 bits per heavy atom. The highest BCUT2D eigenvalue weighted by Gasteiger charge is 2.31. The molecule has 0 aliphatic rings. The van der Waals surface area contributed by atoms with Gasteiger partial charge in [-0.3, -0.25) is 15.1 Å². The van der Waals surface area contributed by atoms with E-state index in [0.29, 0.717) is 6.04 Å². The van der Waals surface area contributed by atoms with Crippen LogP contribution in [0.25, 0.3) is 0 Å². The van der Waals surface area contributed by atoms with Gasteiger partial charge in [-0.1, -0.05) is 27.7 Å². The van der Waals surface area contributed by atoms with Crippen molar-refractivity contribution < 1.29 is 4.79 Å². The van der Waals surface area contributed by atoms with Gasteiger partial charge in [-0.2, -0.15) is 0 Å². The van der Waals surface area contributed by atoms with Gasteiger partial charge >= 0.3 is 0 Å². The van der Waals surface area contributed by atoms with E-state index in [9.17, 15) is 4.79 Å². The van der Waals surface area contributed by atoms with E-state index in [1.54, 1.807) is 0 Å². The maximum absolute atomic E-state index is 11.5. The minimum Gasteiger partial charge on any atom is -0.300 e. The summed E-state index contributed by atoms with van der Waals surface area (Å²) in [5.41, 5.74) is 2.41. The Bertz CT molecular complexity index is 235. The van der Waals surface area contributed by atoms with Crippen LogP contribution in [0, 0.1) is 11.3 Å². The summed E-state index contributed by atoms with van der Waals surface area (Å²) in [6.45, 7) is 12.8. The van der Waals surface area contributed by atoms with E-state index in [4.69, 9.17) is 5.84 Å². The number of amides is 1. The van der Waals surface area contributed by atoms with E-state index >= 15 is 0 Å². The van der Waals surface area contributed by atoms with Gasteiger partial charge in [-0.25, -0.2) is 5.84 Å². The van der Waals surface area contributed by atoms with Crippen molar-refractivity contribution in [3.63, 3.8) is 0 Å². The SMILES string of the molecule is CC(C(=O)NN)C(C)N(C)C(C)C(C)(C)C. The highest BCUT2D eigenvalue weighted by Crippen LogP contribution is 2.26. The summed E-state index contributed by atoms with van der Waals surface area (Å²) >= 11 is 0. The molecule has 0 aliphatic carbocycles. The van der Waals surface area contributed by atoms with Crippen LogP contribution in [-0.2, 0) is 4.79 Å². The fourth-order valence-corrected chi connectivity index (χ4v) is 1.67. The molecular weight excluding hydrogens is 202 g/mol. The standard InChI is InChI=1S/C12H27N3O/c1-8(11(16)14-13)9(2)15(7)10(3)12(4,5)6/h8-10H,13H2,1-7H3,(H,14,16). The normalized spacial score (nSPS) is 18.1. The smallest absolute Gasteiger partial charge is 0.238 e. The third-order valence-corrected chi connectivity index (χ3v) is 3.79. The molecule has 0 bridgehead atoms. The van der Waals surface area contributed by atoms with Gasteiger partial charge < -0.3 is 0 Å². The lowest BCUT2D eigenvalue weighted by atomic mass is 9.85. The fourth-order valence-electron chi connectivity index (χ4n) is 1.67. The van der Waals surface area contributed by atoms with Gasteiger partial charge in [0.05, 0.1) is 5.92 Å². The third kappa shape index (κ3) is 3.76. The molecule has 0 aliphatic heterocycles. The van der Waals surface area contributed by atoms with Gasteiger partial charge in [-0.05, 0) is 26.3 Å². The molecule has 4 nitrogen and oxygen atoms in total. The van der Waals surface area contributed by atoms with Crippen LogP contribution < -0.4 is 11.3 Å². The molecule has 0 rings (SSSR count). The van der Waals surface area contributed by atoms with E-state index in [1.165, 1.54) is 0 Å². The second kappa shape index (κ2) is 5.64. The zero-order valence-electron chi connectivity index (χ0n) is 11.7. The largest absolute Gasteiger partial charge is 0.300 e. The zero-order valence-corrected chi connectivity index (χ0v) is 11.7. The Morgan fingerprint density at radius 3 is 2.00 bits per heavy atom. The van der Waals surface area contributed by atoms with Crippen LogP contribution in [0.4, 0.5) is 0 Å². The monoisotopic (exact) mass is 229 g/mol. The summed E-state index contributed by atoms with van der Waals surface area (Å²) in [5, 5.41) is 0. The number of hydrogen-bond acceptors (Lipinski definition) is 3. The summed E-state index contributed by atoms with van der Waals surface area (Å²) in [4.78, 5) is 13.7. The molecule has 0 fully saturated rings. The summed E-state index contributed by atoms with van der Waals surface area (Å²) < 4.78 is 0. The van der Waals surface area contributed by atoms with Gasteiger partial charge in [0.2, 0.25) is 5.91 Å². The number of nitrogens with one attached hydrogen (secondary N) is 1. The molecular formula is C12H27N3O. The lowest BCUT2D eigenvalue weighted by Gasteiger charge is -2.40. The van der Waals surface area contributed by atoms with Crippen molar-refractivity contribution in [1.29, 1.82) is 0 Å². The van der Waals surface area contributed by atoms with Crippen molar-refractivity contribution in [3.8, 4) is 0 Å². The van der Waals surface area contributed by atoms with E-state index in [-0.39, 0.29) is 23.3 Å². The molecule has 0 aromatic heterocycles. The van der Waals surface area contributed by atoms with Crippen molar-refractivity contribution in [3.05, 3.63) is 0 Å². The molecule has 16 heavy (non-hydrogen) atoms. The molecule has 0 spiro atoms. The van der Waals surface area contributed by atoms with Crippen LogP contribution >= 0.6 is 0 Å². The van der Waals surface area contributed by atoms with Crippen molar-refractivity contribution in [2.75, 3.05) is 7.05 Å². The number of nitrogens with zero attached hydrogens (tertiary/aromatic N) is 1. The Hall–Kier alpha value is -0.610. The van der Waals surface area contributed by atoms with E-state index in [0.717, 1.165) is 0 Å². The predicted molar refractivity (Wildman–Crippen MR) is 67.6 cm³/mol. The summed E-state index contributed by atoms with van der Waals surface area (Å²) in [6.07, 6.45) is 0. The number of rotatable bonds is 4. The molecule has 4 heteroatoms. The molecule has 96 valence electrons. The first-order valence-corrected chi connectivity index (χ1v) is 5.85. The summed E-state index contributed by atoms with van der Waals surface area (Å²) in [7, 11) is 2.06. The molecule has 0 saturated carbocycles. The first-order valence-electron chi connectivity index (χ1n) is 5.85. The Morgan fingerprint density at radius 2 is 1.69 bits per heavy atom. The van der Waals surface area contributed by atoms with Gasteiger partial charge in [0, 0.05) is 12.1 Å². The lowest BCUT2D eigenvalue weighted by Crippen LogP contribution is -2.50. The van der Waals surface area contributed by atoms with Crippen molar-refractivity contribution in [2.24, 2.45) is 17.2 Å². The summed E-state index contributed by atoms with van der Waals surface area (Å²) in [6, 6.07) is 0.563. The van der Waals surface area contributed by atoms with Crippen molar-refractivity contribution in [2.45, 2.75) is 53.6 Å². The molecule has 0 radical (unpaired) electrons. The molecule has 3 N–H and O–H groups in total. The van der Waals surface area contributed by atoms with Gasteiger partial charge in [0.25, 0.3) is 0 Å². The second-order valence-corrected chi connectivity index (χ2v) is 5.75. The predicted octanol–water partition coefficient (Wildman–Crippen LogP) is 1.37. The third-order valence-electron chi connectivity index (χ3n) is 3.79. The number of carbonyl (C=O) groups is 1. The van der Waals surface area contributed by atoms with Crippen LogP contribution in [0.3, 0.4) is 0 Å². The van der Waals surface area contributed by atoms with Crippen LogP contribution in [0.15, 0.2) is 0 Å². The Kier molecular flexibility index (Phi) is 5.42. The van der Waals surface area contributed by atoms with Gasteiger partial charge in [-0.15, -0.1) is 0 Å². The van der Waals surface area contributed by atoms with Crippen LogP contribution in [0.5, 0.6) is 0 Å².